The highest BCUT2D eigenvalue weighted by molar-refractivity contribution is 6.32. The van der Waals surface area contributed by atoms with E-state index in [2.05, 4.69) is 5.32 Å². The van der Waals surface area contributed by atoms with E-state index in [4.69, 9.17) is 16.3 Å². The molecule has 0 spiro atoms. The van der Waals surface area contributed by atoms with E-state index in [9.17, 15) is 24.8 Å². The number of carboxylic acid groups (broad SMARTS) is 1. The number of carbonyl (C=O) groups excluding carboxylic acids is 1. The Morgan fingerprint density at radius 3 is 2.52 bits per heavy atom. The fourth-order valence-electron chi connectivity index (χ4n) is 2.96. The highest BCUT2D eigenvalue weighted by Crippen LogP contribution is 2.30. The lowest BCUT2D eigenvalue weighted by molar-refractivity contribution is -0.385. The topological polar surface area (TPSA) is 119 Å². The molecule has 0 aliphatic heterocycles. The molecular weight excluding hydrogens is 424 g/mol. The Bertz CT molecular complexity index is 1150. The van der Waals surface area contributed by atoms with Crippen LogP contribution in [0.2, 0.25) is 5.02 Å². The first-order valence-electron chi connectivity index (χ1n) is 9.06. The number of hydrogen-bond donors (Lipinski definition) is 2. The molecule has 31 heavy (non-hydrogen) atoms. The van der Waals surface area contributed by atoms with Crippen molar-refractivity contribution in [1.29, 1.82) is 0 Å². The van der Waals surface area contributed by atoms with Crippen molar-refractivity contribution in [2.45, 2.75) is 13.5 Å². The number of halogens is 1. The van der Waals surface area contributed by atoms with Gasteiger partial charge in [0.05, 0.1) is 15.5 Å². The van der Waals surface area contributed by atoms with Gasteiger partial charge in [-0.05, 0) is 36.8 Å². The number of nitro benzene ring substituents is 1. The maximum Gasteiger partial charge on any atom is 0.336 e. The maximum atomic E-state index is 12.7. The Balaban J connectivity index is 1.79. The number of ether oxygens (including phenoxy) is 1. The molecule has 0 saturated carbocycles. The molecule has 0 aliphatic carbocycles. The Labute approximate surface area is 182 Å². The fourth-order valence-corrected chi connectivity index (χ4v) is 3.20. The summed E-state index contributed by atoms with van der Waals surface area (Å²) >= 11 is 6.24. The van der Waals surface area contributed by atoms with Gasteiger partial charge in [0.1, 0.15) is 17.9 Å². The molecule has 3 rings (SSSR count). The minimum absolute atomic E-state index is 0.214. The van der Waals surface area contributed by atoms with Gasteiger partial charge in [-0.15, -0.1) is 0 Å². The van der Waals surface area contributed by atoms with Crippen molar-refractivity contribution in [1.82, 2.24) is 0 Å². The third kappa shape index (κ3) is 5.18. The summed E-state index contributed by atoms with van der Waals surface area (Å²) in [6, 6.07) is 15.7. The molecule has 0 aliphatic rings. The number of carboxylic acids is 1. The lowest BCUT2D eigenvalue weighted by atomic mass is 10.0. The highest BCUT2D eigenvalue weighted by atomic mass is 35.5. The lowest BCUT2D eigenvalue weighted by Gasteiger charge is -2.12. The highest BCUT2D eigenvalue weighted by Gasteiger charge is 2.27. The van der Waals surface area contributed by atoms with Gasteiger partial charge in [0.25, 0.3) is 11.6 Å². The molecule has 0 fully saturated rings. The van der Waals surface area contributed by atoms with Crippen LogP contribution in [0.1, 0.15) is 31.8 Å². The third-order valence-electron chi connectivity index (χ3n) is 4.36. The molecule has 2 N–H and O–H groups in total. The number of nitrogens with one attached hydrogen (secondary N) is 1. The molecule has 3 aromatic carbocycles. The van der Waals surface area contributed by atoms with Gasteiger partial charge in [0.15, 0.2) is 0 Å². The zero-order valence-electron chi connectivity index (χ0n) is 16.3. The molecule has 0 unspecified atom stereocenters. The van der Waals surface area contributed by atoms with E-state index in [0.29, 0.717) is 12.4 Å². The molecule has 8 nitrogen and oxygen atoms in total. The number of benzene rings is 3. The number of amides is 1. The Morgan fingerprint density at radius 1 is 1.13 bits per heavy atom. The molecule has 158 valence electrons. The van der Waals surface area contributed by atoms with Crippen LogP contribution < -0.4 is 10.1 Å². The van der Waals surface area contributed by atoms with Gasteiger partial charge < -0.3 is 15.2 Å². The van der Waals surface area contributed by atoms with E-state index in [-0.39, 0.29) is 10.7 Å². The predicted molar refractivity (Wildman–Crippen MR) is 115 cm³/mol. The van der Waals surface area contributed by atoms with E-state index in [1.54, 1.807) is 6.07 Å². The standard InChI is InChI=1S/C22H17ClN2O6/c1-13-4-2-5-14(10-13)12-31-19-9-8-15(11-17(19)23)24-21(26)20-16(22(27)28)6-3-7-18(20)25(29)30/h2-11H,12H2,1H3,(H,24,26)(H,27,28). The van der Waals surface area contributed by atoms with Crippen LogP contribution in [0, 0.1) is 17.0 Å². The first-order chi connectivity index (χ1) is 14.8. The molecule has 9 heteroatoms. The number of nitrogens with zero attached hydrogens (tertiary/aromatic N) is 1. The van der Waals surface area contributed by atoms with E-state index in [0.717, 1.165) is 23.3 Å². The van der Waals surface area contributed by atoms with Crippen molar-refractivity contribution in [2.24, 2.45) is 0 Å². The molecule has 1 amide bonds. The number of hydrogen-bond acceptors (Lipinski definition) is 5. The second-order valence-electron chi connectivity index (χ2n) is 6.64. The van der Waals surface area contributed by atoms with Crippen molar-refractivity contribution in [2.75, 3.05) is 5.32 Å². The van der Waals surface area contributed by atoms with Crippen LogP contribution in [-0.4, -0.2) is 21.9 Å². The first kappa shape index (κ1) is 21.8. The van der Waals surface area contributed by atoms with Crippen molar-refractivity contribution < 1.29 is 24.4 Å². The van der Waals surface area contributed by atoms with Crippen molar-refractivity contribution in [3.8, 4) is 5.75 Å². The quantitative estimate of drug-likeness (QED) is 0.390. The van der Waals surface area contributed by atoms with Crippen LogP contribution in [0.4, 0.5) is 11.4 Å². The Kier molecular flexibility index (Phi) is 6.52. The number of nitro groups is 1. The zero-order chi connectivity index (χ0) is 22.5. The molecule has 0 atom stereocenters. The summed E-state index contributed by atoms with van der Waals surface area (Å²) in [5.41, 5.74) is 0.660. The normalized spacial score (nSPS) is 10.4. The lowest BCUT2D eigenvalue weighted by Crippen LogP contribution is -2.18. The number of rotatable bonds is 7. The van der Waals surface area contributed by atoms with Crippen molar-refractivity contribution in [3.63, 3.8) is 0 Å². The van der Waals surface area contributed by atoms with Crippen LogP contribution in [0.25, 0.3) is 0 Å². The van der Waals surface area contributed by atoms with Gasteiger partial charge in [0, 0.05) is 11.8 Å². The van der Waals surface area contributed by atoms with Crippen LogP contribution in [0.15, 0.2) is 60.7 Å². The number of aromatic carboxylic acids is 1. The fraction of sp³-hybridized carbons (Fsp3) is 0.0909. The van der Waals surface area contributed by atoms with Gasteiger partial charge in [-0.25, -0.2) is 4.79 Å². The minimum atomic E-state index is -1.45. The molecule has 3 aromatic rings. The van der Waals surface area contributed by atoms with E-state index >= 15 is 0 Å². The maximum absolute atomic E-state index is 12.7. The van der Waals surface area contributed by atoms with Gasteiger partial charge in [-0.2, -0.15) is 0 Å². The second kappa shape index (κ2) is 9.27. The third-order valence-corrected chi connectivity index (χ3v) is 4.66. The average Bonchev–Trinajstić information content (AvgIpc) is 2.72. The van der Waals surface area contributed by atoms with Crippen LogP contribution in [0.3, 0.4) is 0 Å². The molecule has 0 radical (unpaired) electrons. The molecule has 0 bridgehead atoms. The Morgan fingerprint density at radius 2 is 1.87 bits per heavy atom. The summed E-state index contributed by atoms with van der Waals surface area (Å²) in [6.07, 6.45) is 0. The molecular formula is C22H17ClN2O6. The number of aryl methyl sites for hydroxylation is 1. The van der Waals surface area contributed by atoms with Gasteiger partial charge in [-0.3, -0.25) is 14.9 Å². The van der Waals surface area contributed by atoms with Crippen LogP contribution in [-0.2, 0) is 6.61 Å². The van der Waals surface area contributed by atoms with E-state index < -0.39 is 33.6 Å². The molecule has 0 heterocycles. The Hall–Kier alpha value is -3.91. The predicted octanol–water partition coefficient (Wildman–Crippen LogP) is 5.09. The average molecular weight is 441 g/mol. The van der Waals surface area contributed by atoms with E-state index in [1.807, 2.05) is 31.2 Å². The summed E-state index contributed by atoms with van der Waals surface area (Å²) in [4.78, 5) is 34.5. The van der Waals surface area contributed by atoms with Gasteiger partial charge in [-0.1, -0.05) is 47.5 Å². The van der Waals surface area contributed by atoms with Gasteiger partial charge >= 0.3 is 5.97 Å². The van der Waals surface area contributed by atoms with Gasteiger partial charge in [0.2, 0.25) is 0 Å². The first-order valence-corrected chi connectivity index (χ1v) is 9.44. The SMILES string of the molecule is Cc1cccc(COc2ccc(NC(=O)c3c(C(=O)O)cccc3[N+](=O)[O-])cc2Cl)c1. The van der Waals surface area contributed by atoms with Crippen molar-refractivity contribution in [3.05, 3.63) is 98.1 Å². The summed E-state index contributed by atoms with van der Waals surface area (Å²) in [6.45, 7) is 2.27. The monoisotopic (exact) mass is 440 g/mol. The summed E-state index contributed by atoms with van der Waals surface area (Å²) < 4.78 is 5.71. The number of anilines is 1. The summed E-state index contributed by atoms with van der Waals surface area (Å²) in [5, 5.41) is 23.2. The summed E-state index contributed by atoms with van der Waals surface area (Å²) in [5.74, 6) is -2.00. The van der Waals surface area contributed by atoms with E-state index in [1.165, 1.54) is 18.2 Å². The van der Waals surface area contributed by atoms with Crippen LogP contribution in [0.5, 0.6) is 5.75 Å². The largest absolute Gasteiger partial charge is 0.487 e. The second-order valence-corrected chi connectivity index (χ2v) is 7.05. The zero-order valence-corrected chi connectivity index (χ0v) is 17.1. The summed E-state index contributed by atoms with van der Waals surface area (Å²) in [7, 11) is 0. The minimum Gasteiger partial charge on any atom is -0.487 e. The molecule has 0 saturated heterocycles. The smallest absolute Gasteiger partial charge is 0.336 e. The number of carbonyl (C=O) groups is 2. The van der Waals surface area contributed by atoms with Crippen LogP contribution >= 0.6 is 11.6 Å². The van der Waals surface area contributed by atoms with Crippen molar-refractivity contribution >= 4 is 34.9 Å². The molecule has 0 aromatic heterocycles.